The lowest BCUT2D eigenvalue weighted by molar-refractivity contribution is 0.164. The molecule has 0 saturated carbocycles. The molecule has 2 heterocycles. The predicted octanol–water partition coefficient (Wildman–Crippen LogP) is 9.01. The van der Waals surface area contributed by atoms with Gasteiger partial charge >= 0.3 is 0 Å². The van der Waals surface area contributed by atoms with Gasteiger partial charge in [0.05, 0.1) is 11.0 Å². The summed E-state index contributed by atoms with van der Waals surface area (Å²) in [7, 11) is 0. The Balaban J connectivity index is 1.51. The number of nitrogens with zero attached hydrogens (tertiary/aromatic N) is 1. The quantitative estimate of drug-likeness (QED) is 0.233. The lowest BCUT2D eigenvalue weighted by Crippen LogP contribution is -2.34. The van der Waals surface area contributed by atoms with Crippen molar-refractivity contribution in [3.05, 3.63) is 150 Å². The molecule has 1 aliphatic rings. The Morgan fingerprint density at radius 2 is 1.19 bits per heavy atom. The molecule has 202 valence electrons. The highest BCUT2D eigenvalue weighted by atomic mass is 16.5. The topological polar surface area (TPSA) is 54.6 Å². The van der Waals surface area contributed by atoms with Crippen LogP contribution in [0.2, 0.25) is 0 Å². The van der Waals surface area contributed by atoms with Crippen LogP contribution in [0.4, 0.5) is 0 Å². The normalized spacial score (nSPS) is 13.8. The third-order valence-corrected chi connectivity index (χ3v) is 8.45. The zero-order valence-corrected chi connectivity index (χ0v) is 23.0. The van der Waals surface area contributed by atoms with Crippen molar-refractivity contribution in [3.8, 4) is 22.9 Å². The molecule has 0 bridgehead atoms. The highest BCUT2D eigenvalue weighted by Gasteiger charge is 2.39. The molecule has 0 spiro atoms. The molecule has 0 aliphatic carbocycles. The number of ether oxygens (including phenoxy) is 1. The molecule has 7 aromatic rings. The van der Waals surface area contributed by atoms with Crippen LogP contribution in [-0.2, 0) is 5.60 Å². The second-order valence-electron chi connectivity index (χ2n) is 11.0. The number of aromatic nitrogens is 1. The summed E-state index contributed by atoms with van der Waals surface area (Å²) in [5.41, 5.74) is 6.30. The van der Waals surface area contributed by atoms with E-state index in [1.807, 2.05) is 24.3 Å². The molecule has 0 unspecified atom stereocenters. The lowest BCUT2D eigenvalue weighted by atomic mass is 9.83. The van der Waals surface area contributed by atoms with Gasteiger partial charge in [-0.2, -0.15) is 0 Å². The molecule has 0 saturated heterocycles. The van der Waals surface area contributed by atoms with Crippen LogP contribution in [0.1, 0.15) is 22.3 Å². The fraction of sp³-hybridized carbons (Fsp3) is 0.0526. The average Bonchev–Trinajstić information content (AvgIpc) is 3.37. The van der Waals surface area contributed by atoms with E-state index in [0.29, 0.717) is 0 Å². The van der Waals surface area contributed by atoms with E-state index < -0.39 is 5.60 Å². The first kappa shape index (κ1) is 24.3. The summed E-state index contributed by atoms with van der Waals surface area (Å²) in [6.45, 7) is 2.11. The standard InChI is InChI=1S/C38H27NO3/c1-24-10-16-27(17-11-24)39-34-9-5-4-8-32(34)35-30-6-2-3-7-31(30)37-33(36(35)39)22-23-38(42-37,25-12-18-28(40)19-13-25)26-14-20-29(41)21-15-26/h2-23,40-41H,1H3. The molecule has 0 amide bonds. The van der Waals surface area contributed by atoms with Gasteiger partial charge in [0.25, 0.3) is 0 Å². The smallest absolute Gasteiger partial charge is 0.178 e. The summed E-state index contributed by atoms with van der Waals surface area (Å²) < 4.78 is 9.58. The first-order valence-electron chi connectivity index (χ1n) is 14.1. The van der Waals surface area contributed by atoms with Crippen molar-refractivity contribution in [2.75, 3.05) is 0 Å². The van der Waals surface area contributed by atoms with Gasteiger partial charge in [-0.3, -0.25) is 0 Å². The van der Waals surface area contributed by atoms with Crippen LogP contribution in [0.15, 0.2) is 127 Å². The van der Waals surface area contributed by atoms with E-state index in [0.717, 1.165) is 49.9 Å². The van der Waals surface area contributed by atoms with E-state index in [4.69, 9.17) is 4.74 Å². The Bertz CT molecular complexity index is 2130. The largest absolute Gasteiger partial charge is 0.508 e. The van der Waals surface area contributed by atoms with Gasteiger partial charge in [0.15, 0.2) is 5.60 Å². The Labute approximate surface area is 243 Å². The highest BCUT2D eigenvalue weighted by Crippen LogP contribution is 2.50. The third-order valence-electron chi connectivity index (χ3n) is 8.45. The SMILES string of the molecule is Cc1ccc(-n2c3ccccc3c3c4ccccc4c4c(c32)C=CC(c2ccc(O)cc2)(c2ccc(O)cc2)O4)cc1. The van der Waals surface area contributed by atoms with Crippen molar-refractivity contribution in [2.45, 2.75) is 12.5 Å². The molecule has 42 heavy (non-hydrogen) atoms. The second kappa shape index (κ2) is 9.02. The summed E-state index contributed by atoms with van der Waals surface area (Å²) in [6, 6.07) is 39.9. The number of hydrogen-bond acceptors (Lipinski definition) is 3. The number of para-hydroxylation sites is 1. The third kappa shape index (κ3) is 3.48. The van der Waals surface area contributed by atoms with E-state index >= 15 is 0 Å². The summed E-state index contributed by atoms with van der Waals surface area (Å²) in [4.78, 5) is 0. The Kier molecular flexibility index (Phi) is 5.22. The highest BCUT2D eigenvalue weighted by molar-refractivity contribution is 6.25. The van der Waals surface area contributed by atoms with Gasteiger partial charge in [0, 0.05) is 38.5 Å². The second-order valence-corrected chi connectivity index (χ2v) is 11.0. The number of hydrogen-bond donors (Lipinski definition) is 2. The van der Waals surface area contributed by atoms with Gasteiger partial charge in [0.1, 0.15) is 17.2 Å². The van der Waals surface area contributed by atoms with Gasteiger partial charge in [-0.25, -0.2) is 0 Å². The number of aromatic hydroxyl groups is 2. The van der Waals surface area contributed by atoms with Gasteiger partial charge in [-0.1, -0.05) is 84.4 Å². The number of phenolic OH excluding ortho intramolecular Hbond substituents is 2. The van der Waals surface area contributed by atoms with E-state index in [1.54, 1.807) is 24.3 Å². The first-order valence-corrected chi connectivity index (χ1v) is 14.1. The molecule has 6 aromatic carbocycles. The molecule has 0 fully saturated rings. The van der Waals surface area contributed by atoms with Crippen molar-refractivity contribution < 1.29 is 14.9 Å². The molecule has 4 heteroatoms. The molecule has 1 aromatic heterocycles. The number of rotatable bonds is 3. The van der Waals surface area contributed by atoms with Gasteiger partial charge in [-0.05, 0) is 66.9 Å². The van der Waals surface area contributed by atoms with E-state index in [1.165, 1.54) is 16.3 Å². The molecule has 0 atom stereocenters. The van der Waals surface area contributed by atoms with Crippen molar-refractivity contribution in [1.82, 2.24) is 4.57 Å². The fourth-order valence-electron chi connectivity index (χ4n) is 6.44. The predicted molar refractivity (Wildman–Crippen MR) is 170 cm³/mol. The van der Waals surface area contributed by atoms with Crippen molar-refractivity contribution in [3.63, 3.8) is 0 Å². The summed E-state index contributed by atoms with van der Waals surface area (Å²) in [6.07, 6.45) is 4.27. The summed E-state index contributed by atoms with van der Waals surface area (Å²) in [5, 5.41) is 24.7. The Morgan fingerprint density at radius 3 is 1.83 bits per heavy atom. The summed E-state index contributed by atoms with van der Waals surface area (Å²) in [5.74, 6) is 1.17. The maximum Gasteiger partial charge on any atom is 0.178 e. The zero-order valence-electron chi connectivity index (χ0n) is 23.0. The molecule has 0 radical (unpaired) electrons. The van der Waals surface area contributed by atoms with Crippen molar-refractivity contribution in [2.24, 2.45) is 0 Å². The minimum Gasteiger partial charge on any atom is -0.508 e. The van der Waals surface area contributed by atoms with Crippen LogP contribution in [0.3, 0.4) is 0 Å². The van der Waals surface area contributed by atoms with Crippen molar-refractivity contribution in [1.29, 1.82) is 0 Å². The molecule has 4 nitrogen and oxygen atoms in total. The minimum absolute atomic E-state index is 0.189. The number of phenols is 2. The van der Waals surface area contributed by atoms with Gasteiger partial charge < -0.3 is 19.5 Å². The Hall–Kier alpha value is -5.48. The van der Waals surface area contributed by atoms with Crippen LogP contribution < -0.4 is 4.74 Å². The fourth-order valence-corrected chi connectivity index (χ4v) is 6.44. The molecular formula is C38H27NO3. The minimum atomic E-state index is -0.981. The number of fused-ring (bicyclic) bond motifs is 8. The number of benzene rings is 6. The van der Waals surface area contributed by atoms with Crippen molar-refractivity contribution >= 4 is 38.7 Å². The molecule has 8 rings (SSSR count). The maximum atomic E-state index is 10.1. The van der Waals surface area contributed by atoms with Crippen LogP contribution in [0, 0.1) is 6.92 Å². The zero-order chi connectivity index (χ0) is 28.4. The first-order chi connectivity index (χ1) is 20.5. The van der Waals surface area contributed by atoms with Crippen LogP contribution in [-0.4, -0.2) is 14.8 Å². The van der Waals surface area contributed by atoms with E-state index in [-0.39, 0.29) is 11.5 Å². The van der Waals surface area contributed by atoms with Crippen LogP contribution in [0.5, 0.6) is 17.2 Å². The van der Waals surface area contributed by atoms with Crippen LogP contribution in [0.25, 0.3) is 44.3 Å². The number of aryl methyl sites for hydroxylation is 1. The lowest BCUT2D eigenvalue weighted by Gasteiger charge is -2.37. The van der Waals surface area contributed by atoms with E-state index in [9.17, 15) is 10.2 Å². The molecule has 2 N–H and O–H groups in total. The molecule has 1 aliphatic heterocycles. The maximum absolute atomic E-state index is 10.1. The van der Waals surface area contributed by atoms with Crippen LogP contribution >= 0.6 is 0 Å². The monoisotopic (exact) mass is 545 g/mol. The van der Waals surface area contributed by atoms with Gasteiger partial charge in [-0.15, -0.1) is 0 Å². The Morgan fingerprint density at radius 1 is 0.619 bits per heavy atom. The summed E-state index contributed by atoms with van der Waals surface area (Å²) >= 11 is 0. The average molecular weight is 546 g/mol. The van der Waals surface area contributed by atoms with Gasteiger partial charge in [0.2, 0.25) is 0 Å². The molecular weight excluding hydrogens is 518 g/mol. The van der Waals surface area contributed by atoms with E-state index in [2.05, 4.69) is 96.4 Å².